The molecule has 0 saturated heterocycles. The van der Waals surface area contributed by atoms with Crippen LogP contribution in [-0.2, 0) is 10.1 Å². The SMILES string of the molecule is CCCCC(O)CCCCCCCCCS(=O)(=O)[O-].[Na+]. The molecule has 1 N–H and O–H groups in total. The zero-order chi connectivity index (χ0) is 14.6. The van der Waals surface area contributed by atoms with Crippen molar-refractivity contribution < 1.29 is 47.6 Å². The van der Waals surface area contributed by atoms with Crippen molar-refractivity contribution in [3.8, 4) is 0 Å². The number of unbranched alkanes of at least 4 members (excludes halogenated alkanes) is 7. The molecule has 1 unspecified atom stereocenters. The molecular formula is C14H29NaO4S. The van der Waals surface area contributed by atoms with Crippen LogP contribution in [0, 0.1) is 0 Å². The molecule has 0 heterocycles. The van der Waals surface area contributed by atoms with Crippen LogP contribution in [0.5, 0.6) is 0 Å². The molecule has 0 aliphatic rings. The number of aliphatic hydroxyl groups excluding tert-OH is 1. The third-order valence-electron chi connectivity index (χ3n) is 3.32. The van der Waals surface area contributed by atoms with E-state index in [1.807, 2.05) is 0 Å². The van der Waals surface area contributed by atoms with Gasteiger partial charge in [-0.1, -0.05) is 58.3 Å². The minimum atomic E-state index is -4.02. The standard InChI is InChI=1S/C14H30O4S.Na/c1-2-3-11-14(15)12-9-7-5-4-6-8-10-13-19(16,17)18;/h14-15H,2-13H2,1H3,(H,16,17,18);/q;+1/p-1. The fourth-order valence-electron chi connectivity index (χ4n) is 2.13. The summed E-state index contributed by atoms with van der Waals surface area (Å²) in [4.78, 5) is 0. The predicted molar refractivity (Wildman–Crippen MR) is 77.0 cm³/mol. The van der Waals surface area contributed by atoms with E-state index in [2.05, 4.69) is 6.92 Å². The van der Waals surface area contributed by atoms with Gasteiger partial charge in [0.15, 0.2) is 0 Å². The number of aliphatic hydroxyl groups is 1. The van der Waals surface area contributed by atoms with Crippen molar-refractivity contribution in [1.82, 2.24) is 0 Å². The summed E-state index contributed by atoms with van der Waals surface area (Å²) in [6.45, 7) is 2.13. The van der Waals surface area contributed by atoms with Gasteiger partial charge in [0.1, 0.15) is 0 Å². The molecule has 0 aromatic rings. The molecule has 0 aromatic heterocycles. The molecule has 0 aliphatic heterocycles. The second kappa shape index (κ2) is 14.8. The Kier molecular flexibility index (Phi) is 17.1. The molecule has 0 rings (SSSR count). The molecule has 116 valence electrons. The number of hydrogen-bond donors (Lipinski definition) is 1. The summed E-state index contributed by atoms with van der Waals surface area (Å²) in [6.07, 6.45) is 10.6. The molecule has 20 heavy (non-hydrogen) atoms. The molecule has 0 spiro atoms. The Morgan fingerprint density at radius 3 is 1.85 bits per heavy atom. The Morgan fingerprint density at radius 1 is 0.900 bits per heavy atom. The first kappa shape index (κ1) is 23.1. The van der Waals surface area contributed by atoms with Crippen LogP contribution in [0.1, 0.15) is 77.6 Å². The van der Waals surface area contributed by atoms with Crippen LogP contribution in [0.25, 0.3) is 0 Å². The second-order valence-electron chi connectivity index (χ2n) is 5.32. The van der Waals surface area contributed by atoms with Gasteiger partial charge in [0.05, 0.1) is 16.2 Å². The monoisotopic (exact) mass is 316 g/mol. The Balaban J connectivity index is 0. The van der Waals surface area contributed by atoms with Crippen molar-refractivity contribution >= 4 is 10.1 Å². The van der Waals surface area contributed by atoms with E-state index in [9.17, 15) is 18.1 Å². The van der Waals surface area contributed by atoms with E-state index in [1.165, 1.54) is 0 Å². The first-order valence-corrected chi connectivity index (χ1v) is 9.15. The van der Waals surface area contributed by atoms with Crippen molar-refractivity contribution in [3.63, 3.8) is 0 Å². The summed E-state index contributed by atoms with van der Waals surface area (Å²) in [5.41, 5.74) is 0. The van der Waals surface area contributed by atoms with Gasteiger partial charge < -0.3 is 9.66 Å². The molecule has 1 atom stereocenters. The maximum Gasteiger partial charge on any atom is 1.00 e. The maximum absolute atomic E-state index is 10.4. The molecule has 0 bridgehead atoms. The molecule has 6 heteroatoms. The second-order valence-corrected chi connectivity index (χ2v) is 6.85. The number of rotatable bonds is 13. The van der Waals surface area contributed by atoms with Gasteiger partial charge in [0.25, 0.3) is 0 Å². The molecule has 0 amide bonds. The van der Waals surface area contributed by atoms with Gasteiger partial charge in [-0.2, -0.15) is 0 Å². The Morgan fingerprint density at radius 2 is 1.35 bits per heavy atom. The quantitative estimate of drug-likeness (QED) is 0.299. The van der Waals surface area contributed by atoms with Crippen LogP contribution in [0.4, 0.5) is 0 Å². The third kappa shape index (κ3) is 18.9. The topological polar surface area (TPSA) is 77.4 Å². The largest absolute Gasteiger partial charge is 1.00 e. The average Bonchev–Trinajstić information content (AvgIpc) is 2.33. The van der Waals surface area contributed by atoms with Gasteiger partial charge in [-0.25, -0.2) is 8.42 Å². The van der Waals surface area contributed by atoms with Crippen molar-refractivity contribution in [2.75, 3.05) is 5.75 Å². The van der Waals surface area contributed by atoms with Crippen LogP contribution in [0.3, 0.4) is 0 Å². The normalized spacial score (nSPS) is 12.9. The van der Waals surface area contributed by atoms with E-state index >= 15 is 0 Å². The Bertz CT molecular complexity index is 294. The first-order valence-electron chi connectivity index (χ1n) is 7.57. The summed E-state index contributed by atoms with van der Waals surface area (Å²) >= 11 is 0. The van der Waals surface area contributed by atoms with E-state index in [0.717, 1.165) is 64.2 Å². The van der Waals surface area contributed by atoms with Crippen LogP contribution >= 0.6 is 0 Å². The molecule has 4 nitrogen and oxygen atoms in total. The van der Waals surface area contributed by atoms with Crippen LogP contribution in [0.2, 0.25) is 0 Å². The minimum absolute atomic E-state index is 0. The van der Waals surface area contributed by atoms with E-state index < -0.39 is 10.1 Å². The van der Waals surface area contributed by atoms with Gasteiger partial charge in [0.2, 0.25) is 0 Å². The van der Waals surface area contributed by atoms with Gasteiger partial charge in [-0.15, -0.1) is 0 Å². The summed E-state index contributed by atoms with van der Waals surface area (Å²) in [6, 6.07) is 0. The van der Waals surface area contributed by atoms with Gasteiger partial charge in [0, 0.05) is 5.75 Å². The molecule has 0 aliphatic carbocycles. The van der Waals surface area contributed by atoms with E-state index in [1.54, 1.807) is 0 Å². The van der Waals surface area contributed by atoms with Crippen LogP contribution < -0.4 is 29.6 Å². The average molecular weight is 316 g/mol. The molecule has 0 aromatic carbocycles. The fraction of sp³-hybridized carbons (Fsp3) is 1.00. The summed E-state index contributed by atoms with van der Waals surface area (Å²) in [5, 5.41) is 9.64. The van der Waals surface area contributed by atoms with Gasteiger partial charge in [-0.3, -0.25) is 0 Å². The van der Waals surface area contributed by atoms with Crippen molar-refractivity contribution in [1.29, 1.82) is 0 Å². The summed E-state index contributed by atoms with van der Waals surface area (Å²) in [5.74, 6) is -0.226. The smallest absolute Gasteiger partial charge is 0.748 e. The summed E-state index contributed by atoms with van der Waals surface area (Å²) < 4.78 is 31.1. The van der Waals surface area contributed by atoms with Gasteiger partial charge in [-0.05, 0) is 19.3 Å². The van der Waals surface area contributed by atoms with Crippen LogP contribution in [-0.4, -0.2) is 29.9 Å². The Hall–Kier alpha value is 0.870. The summed E-state index contributed by atoms with van der Waals surface area (Å²) in [7, 11) is -4.02. The fourth-order valence-corrected chi connectivity index (χ4v) is 2.68. The zero-order valence-electron chi connectivity index (χ0n) is 13.1. The number of hydrogen-bond acceptors (Lipinski definition) is 4. The minimum Gasteiger partial charge on any atom is -0.748 e. The first-order chi connectivity index (χ1) is 8.95. The molecule has 0 fully saturated rings. The Labute approximate surface area is 146 Å². The molecular weight excluding hydrogens is 287 g/mol. The van der Waals surface area contributed by atoms with Crippen LogP contribution in [0.15, 0.2) is 0 Å². The van der Waals surface area contributed by atoms with Crippen molar-refractivity contribution in [3.05, 3.63) is 0 Å². The maximum atomic E-state index is 10.4. The molecule has 0 radical (unpaired) electrons. The van der Waals surface area contributed by atoms with Crippen molar-refractivity contribution in [2.24, 2.45) is 0 Å². The van der Waals surface area contributed by atoms with E-state index in [0.29, 0.717) is 6.42 Å². The van der Waals surface area contributed by atoms with Gasteiger partial charge >= 0.3 is 29.6 Å². The zero-order valence-corrected chi connectivity index (χ0v) is 16.0. The van der Waals surface area contributed by atoms with E-state index in [4.69, 9.17) is 0 Å². The molecule has 0 saturated carbocycles. The third-order valence-corrected chi connectivity index (χ3v) is 4.11. The van der Waals surface area contributed by atoms with Crippen molar-refractivity contribution in [2.45, 2.75) is 83.7 Å². The predicted octanol–water partition coefficient (Wildman–Crippen LogP) is 0.208. The van der Waals surface area contributed by atoms with E-state index in [-0.39, 0.29) is 41.4 Å².